The summed E-state index contributed by atoms with van der Waals surface area (Å²) in [6.07, 6.45) is 0. The molecule has 164 valence electrons. The summed E-state index contributed by atoms with van der Waals surface area (Å²) in [7, 11) is 0. The number of amides is 1. The number of carbonyl (C=O) groups is 2. The van der Waals surface area contributed by atoms with Gasteiger partial charge in [0.05, 0.1) is 16.5 Å². The van der Waals surface area contributed by atoms with E-state index in [1.165, 1.54) is 16.2 Å². The first-order valence-corrected chi connectivity index (χ1v) is 11.6. The van der Waals surface area contributed by atoms with Gasteiger partial charge in [-0.15, -0.1) is 11.3 Å². The quantitative estimate of drug-likeness (QED) is 0.474. The Kier molecular flexibility index (Phi) is 6.15. The van der Waals surface area contributed by atoms with Crippen LogP contribution < -0.4 is 9.80 Å². The van der Waals surface area contributed by atoms with E-state index >= 15 is 0 Å². The largest absolute Gasteiger partial charge is 0.503 e. The van der Waals surface area contributed by atoms with Crippen LogP contribution in [-0.4, -0.2) is 29.9 Å². The molecule has 5 nitrogen and oxygen atoms in total. The molecule has 0 radical (unpaired) electrons. The Labute approximate surface area is 192 Å². The number of carbonyl (C=O) groups excluding carboxylic acids is 2. The minimum absolute atomic E-state index is 0.121. The van der Waals surface area contributed by atoms with E-state index in [0.717, 1.165) is 29.9 Å². The van der Waals surface area contributed by atoms with Gasteiger partial charge in [0.15, 0.2) is 5.76 Å². The highest BCUT2D eigenvalue weighted by Crippen LogP contribution is 2.42. The lowest BCUT2D eigenvalue weighted by Crippen LogP contribution is -2.31. The number of Topliss-reactive ketones (excluding diaryl/α,β-unsaturated/α-hetero) is 1. The van der Waals surface area contributed by atoms with Crippen LogP contribution in [0.5, 0.6) is 0 Å². The molecule has 1 aliphatic rings. The molecule has 6 heteroatoms. The van der Waals surface area contributed by atoms with Crippen LogP contribution in [0.1, 0.15) is 40.7 Å². The van der Waals surface area contributed by atoms with E-state index in [-0.39, 0.29) is 11.4 Å². The zero-order valence-corrected chi connectivity index (χ0v) is 19.2. The lowest BCUT2D eigenvalue weighted by Gasteiger charge is -2.28. The minimum atomic E-state index is -0.698. The molecule has 0 fully saturated rings. The number of thiophene rings is 1. The fourth-order valence-corrected chi connectivity index (χ4v) is 4.89. The molecule has 0 saturated carbocycles. The SMILES string of the molecule is CCN(CC)c1ccc(N2C(=O)C(O)=C(C(=O)c3cccs3)C2c2cccc(C)c2)cc1. The average molecular weight is 447 g/mol. The van der Waals surface area contributed by atoms with Crippen LogP contribution in [0.2, 0.25) is 0 Å². The number of ketones is 1. The first kappa shape index (κ1) is 21.8. The van der Waals surface area contributed by atoms with Gasteiger partial charge in [0.25, 0.3) is 5.91 Å². The number of hydrogen-bond donors (Lipinski definition) is 1. The maximum Gasteiger partial charge on any atom is 0.294 e. The molecule has 2 aromatic carbocycles. The second-order valence-electron chi connectivity index (χ2n) is 7.75. The first-order chi connectivity index (χ1) is 15.5. The van der Waals surface area contributed by atoms with Crippen molar-refractivity contribution in [3.8, 4) is 0 Å². The van der Waals surface area contributed by atoms with E-state index in [1.807, 2.05) is 60.8 Å². The Morgan fingerprint density at radius 3 is 2.38 bits per heavy atom. The Balaban J connectivity index is 1.81. The van der Waals surface area contributed by atoms with E-state index in [1.54, 1.807) is 12.1 Å². The number of nitrogens with zero attached hydrogens (tertiary/aromatic N) is 2. The van der Waals surface area contributed by atoms with Crippen molar-refractivity contribution >= 4 is 34.4 Å². The number of aliphatic hydroxyl groups excluding tert-OH is 1. The molecule has 1 aromatic heterocycles. The molecule has 2 heterocycles. The monoisotopic (exact) mass is 446 g/mol. The van der Waals surface area contributed by atoms with Crippen LogP contribution in [0.4, 0.5) is 11.4 Å². The molecule has 0 spiro atoms. The molecule has 1 atom stereocenters. The van der Waals surface area contributed by atoms with E-state index < -0.39 is 17.7 Å². The van der Waals surface area contributed by atoms with Gasteiger partial charge in [-0.1, -0.05) is 35.9 Å². The Bertz CT molecular complexity index is 1160. The predicted octanol–water partition coefficient (Wildman–Crippen LogP) is 5.69. The number of anilines is 2. The van der Waals surface area contributed by atoms with Crippen molar-refractivity contribution in [1.29, 1.82) is 0 Å². The summed E-state index contributed by atoms with van der Waals surface area (Å²) in [5, 5.41) is 12.7. The van der Waals surface area contributed by atoms with Crippen LogP contribution >= 0.6 is 11.3 Å². The van der Waals surface area contributed by atoms with Gasteiger partial charge in [-0.25, -0.2) is 0 Å². The maximum atomic E-state index is 13.3. The third kappa shape index (κ3) is 3.82. The highest BCUT2D eigenvalue weighted by atomic mass is 32.1. The van der Waals surface area contributed by atoms with Gasteiger partial charge in [-0.05, 0) is 62.0 Å². The zero-order chi connectivity index (χ0) is 22.8. The van der Waals surface area contributed by atoms with Crippen molar-refractivity contribution < 1.29 is 14.7 Å². The van der Waals surface area contributed by atoms with Gasteiger partial charge < -0.3 is 10.0 Å². The summed E-state index contributed by atoms with van der Waals surface area (Å²) in [5.74, 6) is -1.37. The molecule has 1 N–H and O–H groups in total. The van der Waals surface area contributed by atoms with Crippen molar-refractivity contribution in [3.05, 3.63) is 93.4 Å². The number of aryl methyl sites for hydroxylation is 1. The summed E-state index contributed by atoms with van der Waals surface area (Å²) in [6, 6.07) is 18.2. The van der Waals surface area contributed by atoms with Gasteiger partial charge in [0.2, 0.25) is 5.78 Å². The second kappa shape index (κ2) is 9.01. The van der Waals surface area contributed by atoms with Crippen LogP contribution in [-0.2, 0) is 4.79 Å². The van der Waals surface area contributed by atoms with Crippen LogP contribution in [0.15, 0.2) is 77.4 Å². The smallest absolute Gasteiger partial charge is 0.294 e. The molecule has 0 saturated heterocycles. The van der Waals surface area contributed by atoms with Gasteiger partial charge in [0.1, 0.15) is 0 Å². The highest BCUT2D eigenvalue weighted by molar-refractivity contribution is 7.12. The van der Waals surface area contributed by atoms with Crippen LogP contribution in [0, 0.1) is 6.92 Å². The van der Waals surface area contributed by atoms with Crippen LogP contribution in [0.25, 0.3) is 0 Å². The molecular formula is C26H26N2O3S. The normalized spacial score (nSPS) is 16.0. The molecule has 1 aliphatic heterocycles. The average Bonchev–Trinajstić information content (AvgIpc) is 3.42. The summed E-state index contributed by atoms with van der Waals surface area (Å²) in [6.45, 7) is 7.92. The van der Waals surface area contributed by atoms with Crippen LogP contribution in [0.3, 0.4) is 0 Å². The number of hydrogen-bond acceptors (Lipinski definition) is 5. The van der Waals surface area contributed by atoms with Crippen molar-refractivity contribution in [3.63, 3.8) is 0 Å². The van der Waals surface area contributed by atoms with E-state index in [2.05, 4.69) is 18.7 Å². The molecule has 4 rings (SSSR count). The van der Waals surface area contributed by atoms with Crippen molar-refractivity contribution in [1.82, 2.24) is 0 Å². The van der Waals surface area contributed by atoms with Gasteiger partial charge in [0, 0.05) is 24.5 Å². The molecule has 32 heavy (non-hydrogen) atoms. The summed E-state index contributed by atoms with van der Waals surface area (Å²) < 4.78 is 0. The fourth-order valence-electron chi connectivity index (χ4n) is 4.21. The standard InChI is InChI=1S/C26H26N2O3S/c1-4-27(5-2)19-11-13-20(14-12-19)28-23(18-9-6-8-17(3)16-18)22(25(30)26(28)31)24(29)21-10-7-15-32-21/h6-16,23,30H,4-5H2,1-3H3. The molecular weight excluding hydrogens is 420 g/mol. The molecule has 0 bridgehead atoms. The Hall–Kier alpha value is -3.38. The highest BCUT2D eigenvalue weighted by Gasteiger charge is 2.44. The third-order valence-electron chi connectivity index (χ3n) is 5.81. The molecule has 1 unspecified atom stereocenters. The number of benzene rings is 2. The Morgan fingerprint density at radius 1 is 1.06 bits per heavy atom. The van der Waals surface area contributed by atoms with E-state index in [4.69, 9.17) is 0 Å². The Morgan fingerprint density at radius 2 is 1.78 bits per heavy atom. The first-order valence-electron chi connectivity index (χ1n) is 10.7. The maximum absolute atomic E-state index is 13.3. The minimum Gasteiger partial charge on any atom is -0.503 e. The van der Waals surface area contributed by atoms with Crippen molar-refractivity contribution in [2.45, 2.75) is 26.8 Å². The third-order valence-corrected chi connectivity index (χ3v) is 6.68. The zero-order valence-electron chi connectivity index (χ0n) is 18.4. The van der Waals surface area contributed by atoms with E-state index in [0.29, 0.717) is 10.6 Å². The lowest BCUT2D eigenvalue weighted by atomic mass is 9.94. The molecule has 0 aliphatic carbocycles. The number of rotatable bonds is 7. The molecule has 1 amide bonds. The van der Waals surface area contributed by atoms with Gasteiger partial charge in [-0.3, -0.25) is 14.5 Å². The lowest BCUT2D eigenvalue weighted by molar-refractivity contribution is -0.117. The van der Waals surface area contributed by atoms with Crippen molar-refractivity contribution in [2.24, 2.45) is 0 Å². The van der Waals surface area contributed by atoms with E-state index in [9.17, 15) is 14.7 Å². The van der Waals surface area contributed by atoms with Gasteiger partial charge >= 0.3 is 0 Å². The summed E-state index contributed by atoms with van der Waals surface area (Å²) >= 11 is 1.30. The molecule has 3 aromatic rings. The van der Waals surface area contributed by atoms with Crippen molar-refractivity contribution in [2.75, 3.05) is 22.9 Å². The van der Waals surface area contributed by atoms with Gasteiger partial charge in [-0.2, -0.15) is 0 Å². The summed E-state index contributed by atoms with van der Waals surface area (Å²) in [5.41, 5.74) is 3.62. The summed E-state index contributed by atoms with van der Waals surface area (Å²) in [4.78, 5) is 30.8. The predicted molar refractivity (Wildman–Crippen MR) is 130 cm³/mol. The second-order valence-corrected chi connectivity index (χ2v) is 8.70. The number of aliphatic hydroxyl groups is 1. The topological polar surface area (TPSA) is 60.9 Å². The fraction of sp³-hybridized carbons (Fsp3) is 0.231.